The molecule has 0 aromatic rings. The summed E-state index contributed by atoms with van der Waals surface area (Å²) in [5.41, 5.74) is 0. The molecule has 6 heteroatoms. The van der Waals surface area contributed by atoms with E-state index in [1.807, 2.05) is 54.7 Å². The predicted octanol–water partition coefficient (Wildman–Crippen LogP) is 15.5. The van der Waals surface area contributed by atoms with Crippen LogP contribution in [0.3, 0.4) is 0 Å². The zero-order valence-corrected chi connectivity index (χ0v) is 37.8. The zero-order valence-electron chi connectivity index (χ0n) is 37.8. The molecule has 0 heterocycles. The molecule has 0 spiro atoms. The van der Waals surface area contributed by atoms with Crippen molar-refractivity contribution in [3.8, 4) is 0 Å². The molecule has 0 aliphatic heterocycles. The third-order valence-electron chi connectivity index (χ3n) is 10.1. The van der Waals surface area contributed by atoms with E-state index in [0.717, 1.165) is 44.9 Å². The van der Waals surface area contributed by atoms with E-state index in [-0.39, 0.29) is 37.5 Å². The first-order valence-corrected chi connectivity index (χ1v) is 24.0. The van der Waals surface area contributed by atoms with Crippen LogP contribution in [0.1, 0.15) is 220 Å². The van der Waals surface area contributed by atoms with Crippen LogP contribution in [0.25, 0.3) is 0 Å². The Bertz CT molecular complexity index is 1110. The highest BCUT2D eigenvalue weighted by Gasteiger charge is 2.19. The van der Waals surface area contributed by atoms with Gasteiger partial charge < -0.3 is 14.2 Å². The molecule has 0 bridgehead atoms. The van der Waals surface area contributed by atoms with Gasteiger partial charge in [-0.1, -0.05) is 222 Å². The molecule has 1 unspecified atom stereocenters. The van der Waals surface area contributed by atoms with Gasteiger partial charge in [0.2, 0.25) is 0 Å². The van der Waals surface area contributed by atoms with Gasteiger partial charge in [-0.2, -0.15) is 0 Å². The summed E-state index contributed by atoms with van der Waals surface area (Å²) in [7, 11) is 0. The number of carbonyl (C=O) groups excluding carboxylic acids is 3. The van der Waals surface area contributed by atoms with Crippen LogP contribution in [0.2, 0.25) is 0 Å². The van der Waals surface area contributed by atoms with Crippen LogP contribution >= 0.6 is 0 Å². The number of ether oxygens (including phenoxy) is 3. The second-order valence-electron chi connectivity index (χ2n) is 15.8. The SMILES string of the molecule is CC\C=C/C=C\C=C/C=C\C=C/CCCC(=O)OC(COC(=O)CCC/C=C\CCCCCC)COC(=O)CCCCCCCCCCCCCCCCCCCC. The normalized spacial score (nSPS) is 12.7. The van der Waals surface area contributed by atoms with Crippen LogP contribution in [-0.4, -0.2) is 37.2 Å². The maximum absolute atomic E-state index is 12.7. The van der Waals surface area contributed by atoms with E-state index in [1.165, 1.54) is 122 Å². The van der Waals surface area contributed by atoms with E-state index >= 15 is 0 Å². The van der Waals surface area contributed by atoms with Crippen molar-refractivity contribution in [1.29, 1.82) is 0 Å². The van der Waals surface area contributed by atoms with Crippen molar-refractivity contribution in [2.45, 2.75) is 226 Å². The molecule has 0 aliphatic rings. The van der Waals surface area contributed by atoms with Crippen LogP contribution in [-0.2, 0) is 28.6 Å². The number of unbranched alkanes of at least 4 members (excludes halogenated alkanes) is 23. The highest BCUT2D eigenvalue weighted by Crippen LogP contribution is 2.15. The van der Waals surface area contributed by atoms with Gasteiger partial charge in [0, 0.05) is 19.3 Å². The number of allylic oxidation sites excluding steroid dienone is 12. The third-order valence-corrected chi connectivity index (χ3v) is 10.1. The largest absolute Gasteiger partial charge is 0.462 e. The fraction of sp³-hybridized carbons (Fsp3) is 0.712. The second-order valence-corrected chi connectivity index (χ2v) is 15.8. The summed E-state index contributed by atoms with van der Waals surface area (Å²) in [4.78, 5) is 37.7. The molecular formula is C52H88O6. The lowest BCUT2D eigenvalue weighted by Gasteiger charge is -2.18. The fourth-order valence-corrected chi connectivity index (χ4v) is 6.48. The molecule has 0 radical (unpaired) electrons. The zero-order chi connectivity index (χ0) is 42.3. The first-order valence-electron chi connectivity index (χ1n) is 24.0. The van der Waals surface area contributed by atoms with Gasteiger partial charge in [0.05, 0.1) is 0 Å². The smallest absolute Gasteiger partial charge is 0.306 e. The van der Waals surface area contributed by atoms with Gasteiger partial charge in [-0.05, 0) is 51.4 Å². The molecule has 58 heavy (non-hydrogen) atoms. The molecular weight excluding hydrogens is 721 g/mol. The maximum Gasteiger partial charge on any atom is 0.306 e. The summed E-state index contributed by atoms with van der Waals surface area (Å²) in [5, 5.41) is 0. The van der Waals surface area contributed by atoms with Crippen LogP contribution < -0.4 is 0 Å². The van der Waals surface area contributed by atoms with Crippen molar-refractivity contribution >= 4 is 17.9 Å². The molecule has 0 fully saturated rings. The van der Waals surface area contributed by atoms with Gasteiger partial charge in [0.15, 0.2) is 6.10 Å². The monoisotopic (exact) mass is 809 g/mol. The molecule has 1 atom stereocenters. The van der Waals surface area contributed by atoms with Gasteiger partial charge in [0.1, 0.15) is 13.2 Å². The van der Waals surface area contributed by atoms with Crippen LogP contribution in [0.4, 0.5) is 0 Å². The average molecular weight is 809 g/mol. The Morgan fingerprint density at radius 2 is 0.707 bits per heavy atom. The third kappa shape index (κ3) is 44.0. The van der Waals surface area contributed by atoms with E-state index in [2.05, 4.69) is 39.0 Å². The van der Waals surface area contributed by atoms with E-state index < -0.39 is 6.10 Å². The fourth-order valence-electron chi connectivity index (χ4n) is 6.48. The molecule has 0 aromatic carbocycles. The highest BCUT2D eigenvalue weighted by molar-refractivity contribution is 5.71. The van der Waals surface area contributed by atoms with E-state index in [0.29, 0.717) is 25.7 Å². The summed E-state index contributed by atoms with van der Waals surface area (Å²) < 4.78 is 16.6. The minimum Gasteiger partial charge on any atom is -0.462 e. The van der Waals surface area contributed by atoms with Crippen LogP contribution in [0, 0.1) is 0 Å². The van der Waals surface area contributed by atoms with Crippen molar-refractivity contribution in [2.75, 3.05) is 13.2 Å². The first-order chi connectivity index (χ1) is 28.5. The van der Waals surface area contributed by atoms with Crippen molar-refractivity contribution in [2.24, 2.45) is 0 Å². The quantitative estimate of drug-likeness (QED) is 0.0201. The van der Waals surface area contributed by atoms with E-state index in [1.54, 1.807) is 0 Å². The molecule has 0 aliphatic carbocycles. The lowest BCUT2D eigenvalue weighted by atomic mass is 10.0. The average Bonchev–Trinajstić information content (AvgIpc) is 3.22. The Kier molecular flexibility index (Phi) is 44.0. The number of esters is 3. The van der Waals surface area contributed by atoms with Gasteiger partial charge in [0.25, 0.3) is 0 Å². The summed E-state index contributed by atoms with van der Waals surface area (Å²) >= 11 is 0. The minimum atomic E-state index is -0.819. The Hall–Kier alpha value is -3.15. The Balaban J connectivity index is 4.40. The number of carbonyl (C=O) groups is 3. The molecule has 0 aromatic heterocycles. The summed E-state index contributed by atoms with van der Waals surface area (Å²) in [6.07, 6.45) is 57.7. The number of rotatable bonds is 42. The summed E-state index contributed by atoms with van der Waals surface area (Å²) in [6, 6.07) is 0. The number of hydrogen-bond acceptors (Lipinski definition) is 6. The Labute approximate surface area is 357 Å². The molecule has 0 amide bonds. The first kappa shape index (κ1) is 54.9. The van der Waals surface area contributed by atoms with Gasteiger partial charge in [-0.3, -0.25) is 14.4 Å². The van der Waals surface area contributed by atoms with E-state index in [4.69, 9.17) is 14.2 Å². The summed E-state index contributed by atoms with van der Waals surface area (Å²) in [6.45, 7) is 6.37. The lowest BCUT2D eigenvalue weighted by Crippen LogP contribution is -2.30. The number of hydrogen-bond donors (Lipinski definition) is 0. The van der Waals surface area contributed by atoms with Crippen molar-refractivity contribution in [1.82, 2.24) is 0 Å². The molecule has 0 N–H and O–H groups in total. The molecule has 0 saturated carbocycles. The lowest BCUT2D eigenvalue weighted by molar-refractivity contribution is -0.167. The van der Waals surface area contributed by atoms with Crippen LogP contribution in [0.5, 0.6) is 0 Å². The summed E-state index contributed by atoms with van der Waals surface area (Å²) in [5.74, 6) is -1.02. The Morgan fingerprint density at radius 3 is 1.17 bits per heavy atom. The molecule has 332 valence electrons. The highest BCUT2D eigenvalue weighted by atomic mass is 16.6. The van der Waals surface area contributed by atoms with Crippen LogP contribution in [0.15, 0.2) is 72.9 Å². The van der Waals surface area contributed by atoms with Gasteiger partial charge in [-0.15, -0.1) is 0 Å². The second kappa shape index (κ2) is 46.5. The van der Waals surface area contributed by atoms with Crippen molar-refractivity contribution < 1.29 is 28.6 Å². The minimum absolute atomic E-state index is 0.111. The van der Waals surface area contributed by atoms with E-state index in [9.17, 15) is 14.4 Å². The molecule has 0 rings (SSSR count). The molecule has 0 saturated heterocycles. The standard InChI is InChI=1S/C52H88O6/c1-4-7-10-13-16-19-21-23-24-25-26-27-29-30-33-36-39-42-45-51(54)57-48-49(47-56-50(53)44-41-38-35-32-18-15-12-9-6-3)58-52(55)46-43-40-37-34-31-28-22-20-17-14-11-8-5-2/h8,11,14,17,20,22,28,31-32,34-35,37,49H,4-7,9-10,12-13,15-16,18-19,21,23-27,29-30,33,36,38-48H2,1-3H3/b11-8-,17-14-,22-20-,31-28-,35-32-,37-34-. The molecule has 6 nitrogen and oxygen atoms in total. The predicted molar refractivity (Wildman–Crippen MR) is 247 cm³/mol. The topological polar surface area (TPSA) is 78.9 Å². The van der Waals surface area contributed by atoms with Gasteiger partial charge >= 0.3 is 17.9 Å². The van der Waals surface area contributed by atoms with Crippen molar-refractivity contribution in [3.63, 3.8) is 0 Å². The Morgan fingerprint density at radius 1 is 0.362 bits per heavy atom. The van der Waals surface area contributed by atoms with Crippen molar-refractivity contribution in [3.05, 3.63) is 72.9 Å². The van der Waals surface area contributed by atoms with Gasteiger partial charge in [-0.25, -0.2) is 0 Å². The maximum atomic E-state index is 12.7.